The molecule has 1 heteroatoms. The van der Waals surface area contributed by atoms with E-state index >= 15 is 0 Å². The molecule has 0 fully saturated rings. The third-order valence-corrected chi connectivity index (χ3v) is 6.73. The normalized spacial score (nSPS) is 16.0. The summed E-state index contributed by atoms with van der Waals surface area (Å²) in [7, 11) is 0. The van der Waals surface area contributed by atoms with Gasteiger partial charge >= 0.3 is 163 Å². The summed E-state index contributed by atoms with van der Waals surface area (Å²) in [5, 5.41) is 0. The molecule has 0 radical (unpaired) electrons. The van der Waals surface area contributed by atoms with E-state index in [0.29, 0.717) is 3.63 Å². The Labute approximate surface area is 162 Å². The molecule has 0 amide bonds. The molecule has 2 aromatic rings. The van der Waals surface area contributed by atoms with Crippen LogP contribution in [0.25, 0.3) is 17.2 Å². The van der Waals surface area contributed by atoms with Gasteiger partial charge in [-0.1, -0.05) is 0 Å². The van der Waals surface area contributed by atoms with Gasteiger partial charge in [-0.2, -0.15) is 0 Å². The molecule has 123 valence electrons. The van der Waals surface area contributed by atoms with Gasteiger partial charge in [0.25, 0.3) is 0 Å². The summed E-state index contributed by atoms with van der Waals surface area (Å²) in [6.07, 6.45) is 10.1. The summed E-state index contributed by atoms with van der Waals surface area (Å²) in [5.41, 5.74) is 8.91. The van der Waals surface area contributed by atoms with E-state index < -0.39 is 0 Å². The maximum absolute atomic E-state index is 2.49. The van der Waals surface area contributed by atoms with Crippen molar-refractivity contribution in [3.8, 4) is 11.1 Å². The molecule has 0 saturated carbocycles. The average Bonchev–Trinajstić information content (AvgIpc) is 2.95. The Balaban J connectivity index is 1.89. The van der Waals surface area contributed by atoms with Gasteiger partial charge in [-0.3, -0.25) is 0 Å². The summed E-state index contributed by atoms with van der Waals surface area (Å²) in [6.45, 7) is 4.54. The Hall–Kier alpha value is -0.937. The van der Waals surface area contributed by atoms with E-state index in [-0.39, 0.29) is 0 Å². The van der Waals surface area contributed by atoms with Crippen LogP contribution < -0.4 is 0 Å². The van der Waals surface area contributed by atoms with Crippen molar-refractivity contribution < 1.29 is 24.7 Å². The van der Waals surface area contributed by atoms with Crippen LogP contribution in [0.4, 0.5) is 0 Å². The summed E-state index contributed by atoms with van der Waals surface area (Å²) >= 11 is 1.62. The van der Waals surface area contributed by atoms with Crippen LogP contribution in [0.1, 0.15) is 66.3 Å². The molecule has 1 unspecified atom stereocenters. The SMILES string of the molecule is CCCCC1=Cc2c(-c3ccc(CCCC)cc3)cccc2[CH]1[Zr]. The van der Waals surface area contributed by atoms with Gasteiger partial charge in [-0.05, 0) is 0 Å². The molecule has 0 aromatic heterocycles. The first-order valence-corrected chi connectivity index (χ1v) is 10.8. The fourth-order valence-corrected chi connectivity index (χ4v) is 4.72. The number of benzene rings is 2. The zero-order valence-corrected chi connectivity index (χ0v) is 17.4. The van der Waals surface area contributed by atoms with Gasteiger partial charge in [-0.15, -0.1) is 0 Å². The first kappa shape index (κ1) is 17.9. The van der Waals surface area contributed by atoms with Gasteiger partial charge in [0.1, 0.15) is 0 Å². The number of allylic oxidation sites excluding steroid dienone is 1. The minimum absolute atomic E-state index is 0.669. The Morgan fingerprint density at radius 2 is 1.58 bits per heavy atom. The van der Waals surface area contributed by atoms with Crippen molar-refractivity contribution in [2.75, 3.05) is 0 Å². The predicted molar refractivity (Wildman–Crippen MR) is 101 cm³/mol. The number of fused-ring (bicyclic) bond motifs is 1. The zero-order chi connectivity index (χ0) is 16.9. The quantitative estimate of drug-likeness (QED) is 0.480. The van der Waals surface area contributed by atoms with E-state index in [1.807, 2.05) is 0 Å². The molecule has 1 aliphatic rings. The Morgan fingerprint density at radius 1 is 0.875 bits per heavy atom. The molecular formula is C23H27Zr. The molecule has 1 atom stereocenters. The molecule has 0 heterocycles. The van der Waals surface area contributed by atoms with Crippen LogP contribution in [0.3, 0.4) is 0 Å². The van der Waals surface area contributed by atoms with Crippen molar-refractivity contribution in [3.05, 3.63) is 64.7 Å². The fraction of sp³-hybridized carbons (Fsp3) is 0.391. The van der Waals surface area contributed by atoms with Crippen LogP contribution in [0, 0.1) is 0 Å². The second-order valence-electron chi connectivity index (χ2n) is 6.86. The standard InChI is InChI=1S/C23H27.Zr/c1-3-5-8-18-12-14-20(15-13-18)22-11-7-10-21-16-19(9-6-4-2)17-23(21)22;/h7,10-17H,3-6,8-9H2,1-2H3;. The molecule has 2 aromatic carbocycles. The van der Waals surface area contributed by atoms with Crippen molar-refractivity contribution in [2.45, 2.75) is 56.0 Å². The first-order chi connectivity index (χ1) is 11.7. The second-order valence-corrected chi connectivity index (χ2v) is 8.28. The summed E-state index contributed by atoms with van der Waals surface area (Å²) in [4.78, 5) is 0. The predicted octanol–water partition coefficient (Wildman–Crippen LogP) is 6.87. The van der Waals surface area contributed by atoms with E-state index in [1.54, 1.807) is 35.9 Å². The average molecular weight is 395 g/mol. The Morgan fingerprint density at radius 3 is 2.29 bits per heavy atom. The van der Waals surface area contributed by atoms with Gasteiger partial charge < -0.3 is 0 Å². The molecule has 0 saturated heterocycles. The van der Waals surface area contributed by atoms with Gasteiger partial charge in [0.15, 0.2) is 0 Å². The molecule has 0 spiro atoms. The second kappa shape index (κ2) is 8.44. The third-order valence-electron chi connectivity index (χ3n) is 5.05. The molecule has 24 heavy (non-hydrogen) atoms. The van der Waals surface area contributed by atoms with Crippen LogP contribution in [0.15, 0.2) is 48.0 Å². The molecule has 3 rings (SSSR count). The number of aryl methyl sites for hydroxylation is 1. The van der Waals surface area contributed by atoms with Crippen LogP contribution >= 0.6 is 0 Å². The fourth-order valence-electron chi connectivity index (χ4n) is 3.55. The van der Waals surface area contributed by atoms with Crippen molar-refractivity contribution in [1.29, 1.82) is 0 Å². The molecule has 0 nitrogen and oxygen atoms in total. The van der Waals surface area contributed by atoms with Crippen molar-refractivity contribution in [1.82, 2.24) is 0 Å². The van der Waals surface area contributed by atoms with Crippen molar-refractivity contribution >= 4 is 6.08 Å². The third kappa shape index (κ3) is 3.83. The number of hydrogen-bond donors (Lipinski definition) is 0. The van der Waals surface area contributed by atoms with Crippen molar-refractivity contribution in [2.24, 2.45) is 0 Å². The Kier molecular flexibility index (Phi) is 6.28. The molecule has 1 aliphatic carbocycles. The van der Waals surface area contributed by atoms with Gasteiger partial charge in [-0.25, -0.2) is 0 Å². The van der Waals surface area contributed by atoms with E-state index in [2.05, 4.69) is 62.4 Å². The first-order valence-electron chi connectivity index (χ1n) is 9.38. The monoisotopic (exact) mass is 393 g/mol. The summed E-state index contributed by atoms with van der Waals surface area (Å²) in [5.74, 6) is 0. The molecule has 0 aliphatic heterocycles. The Bertz CT molecular complexity index is 709. The van der Waals surface area contributed by atoms with E-state index in [0.717, 1.165) is 0 Å². The zero-order valence-electron chi connectivity index (χ0n) is 14.9. The summed E-state index contributed by atoms with van der Waals surface area (Å²) in [6, 6.07) is 16.1. The summed E-state index contributed by atoms with van der Waals surface area (Å²) < 4.78 is 0.669. The van der Waals surface area contributed by atoms with Crippen LogP contribution in [0.2, 0.25) is 0 Å². The van der Waals surface area contributed by atoms with Crippen LogP contribution in [-0.4, -0.2) is 0 Å². The molecule has 0 N–H and O–H groups in total. The van der Waals surface area contributed by atoms with E-state index in [4.69, 9.17) is 0 Å². The van der Waals surface area contributed by atoms with Gasteiger partial charge in [0.2, 0.25) is 0 Å². The van der Waals surface area contributed by atoms with E-state index in [1.165, 1.54) is 60.8 Å². The number of rotatable bonds is 7. The van der Waals surface area contributed by atoms with Gasteiger partial charge in [0, 0.05) is 0 Å². The van der Waals surface area contributed by atoms with Gasteiger partial charge in [0.05, 0.1) is 0 Å². The maximum atomic E-state index is 2.49. The van der Waals surface area contributed by atoms with E-state index in [9.17, 15) is 0 Å². The van der Waals surface area contributed by atoms with Crippen LogP contribution in [0.5, 0.6) is 0 Å². The van der Waals surface area contributed by atoms with Crippen molar-refractivity contribution in [3.63, 3.8) is 0 Å². The minimum atomic E-state index is 0.669. The number of hydrogen-bond acceptors (Lipinski definition) is 0. The number of unbranched alkanes of at least 4 members (excludes halogenated alkanes) is 2. The van der Waals surface area contributed by atoms with Crippen LogP contribution in [-0.2, 0) is 31.1 Å². The topological polar surface area (TPSA) is 0 Å². The molecular weight excluding hydrogens is 367 g/mol. The molecule has 0 bridgehead atoms.